The summed E-state index contributed by atoms with van der Waals surface area (Å²) in [4.78, 5) is 24.4. The molecule has 1 aromatic rings. The summed E-state index contributed by atoms with van der Waals surface area (Å²) in [6.07, 6.45) is 8.65. The van der Waals surface area contributed by atoms with Gasteiger partial charge in [-0.1, -0.05) is 37.3 Å². The van der Waals surface area contributed by atoms with Gasteiger partial charge in [0, 0.05) is 12.1 Å². The lowest BCUT2D eigenvalue weighted by Crippen LogP contribution is -2.41. The van der Waals surface area contributed by atoms with Gasteiger partial charge in [0.15, 0.2) is 17.6 Å². The van der Waals surface area contributed by atoms with E-state index in [0.717, 1.165) is 25.7 Å². The van der Waals surface area contributed by atoms with Crippen molar-refractivity contribution in [2.75, 3.05) is 13.2 Å². The number of carbonyl (C=O) groups is 2. The van der Waals surface area contributed by atoms with Crippen molar-refractivity contribution in [3.63, 3.8) is 0 Å². The highest BCUT2D eigenvalue weighted by Crippen LogP contribution is 2.38. The highest BCUT2D eigenvalue weighted by atomic mass is 35.5. The van der Waals surface area contributed by atoms with Gasteiger partial charge in [-0.2, -0.15) is 0 Å². The van der Waals surface area contributed by atoms with Gasteiger partial charge in [-0.15, -0.1) is 0 Å². The molecule has 1 saturated carbocycles. The molecule has 28 heavy (non-hydrogen) atoms. The van der Waals surface area contributed by atoms with Crippen LogP contribution in [0.5, 0.6) is 11.5 Å². The van der Waals surface area contributed by atoms with Crippen molar-refractivity contribution in [3.8, 4) is 11.5 Å². The van der Waals surface area contributed by atoms with E-state index in [1.54, 1.807) is 25.1 Å². The fourth-order valence-corrected chi connectivity index (χ4v) is 3.67. The molecule has 2 aliphatic rings. The molecule has 1 atom stereocenters. The maximum absolute atomic E-state index is 12.3. The number of hydrogen-bond donors (Lipinski definition) is 1. The first-order valence-corrected chi connectivity index (χ1v) is 10.2. The lowest BCUT2D eigenvalue weighted by molar-refractivity contribution is -0.150. The molecule has 1 amide bonds. The molecule has 152 valence electrons. The minimum absolute atomic E-state index is 0.173. The van der Waals surface area contributed by atoms with Crippen molar-refractivity contribution in [1.82, 2.24) is 5.32 Å². The Morgan fingerprint density at radius 1 is 1.18 bits per heavy atom. The van der Waals surface area contributed by atoms with Gasteiger partial charge in [0.1, 0.15) is 13.2 Å². The summed E-state index contributed by atoms with van der Waals surface area (Å²) >= 11 is 6.18. The highest BCUT2D eigenvalue weighted by molar-refractivity contribution is 6.32. The van der Waals surface area contributed by atoms with Gasteiger partial charge in [0.05, 0.1) is 5.02 Å². The lowest BCUT2D eigenvalue weighted by atomic mass is 10.1. The van der Waals surface area contributed by atoms with Crippen molar-refractivity contribution in [2.45, 2.75) is 57.6 Å². The van der Waals surface area contributed by atoms with Crippen LogP contribution in [0, 0.1) is 0 Å². The molecule has 7 heteroatoms. The van der Waals surface area contributed by atoms with E-state index >= 15 is 0 Å². The monoisotopic (exact) mass is 407 g/mol. The van der Waals surface area contributed by atoms with Crippen LogP contribution in [0.4, 0.5) is 0 Å². The van der Waals surface area contributed by atoms with Crippen molar-refractivity contribution >= 4 is 29.6 Å². The SMILES string of the molecule is C[C@H](OC(=O)/C=C/c1cc(Cl)c2c(c1)OCCO2)C(=O)NC1CCCCCC1. The van der Waals surface area contributed by atoms with Crippen LogP contribution in [0.25, 0.3) is 6.08 Å². The van der Waals surface area contributed by atoms with E-state index in [1.807, 2.05) is 0 Å². The number of rotatable bonds is 5. The second-order valence-electron chi connectivity index (χ2n) is 7.14. The first-order valence-electron chi connectivity index (χ1n) is 9.81. The molecule has 0 saturated heterocycles. The number of carbonyl (C=O) groups excluding carboxylic acids is 2. The Morgan fingerprint density at radius 3 is 2.64 bits per heavy atom. The lowest BCUT2D eigenvalue weighted by Gasteiger charge is -2.20. The number of ether oxygens (including phenoxy) is 3. The maximum Gasteiger partial charge on any atom is 0.331 e. The summed E-state index contributed by atoms with van der Waals surface area (Å²) in [6.45, 7) is 2.49. The van der Waals surface area contributed by atoms with Gasteiger partial charge in [0.25, 0.3) is 5.91 Å². The predicted octanol–water partition coefficient (Wildman–Crippen LogP) is 3.90. The molecule has 1 fully saturated rings. The number of amides is 1. The largest absolute Gasteiger partial charge is 0.486 e. The third-order valence-electron chi connectivity index (χ3n) is 4.89. The summed E-state index contributed by atoms with van der Waals surface area (Å²) in [5.74, 6) is 0.213. The van der Waals surface area contributed by atoms with E-state index in [-0.39, 0.29) is 11.9 Å². The minimum Gasteiger partial charge on any atom is -0.486 e. The second-order valence-corrected chi connectivity index (χ2v) is 7.54. The highest BCUT2D eigenvalue weighted by Gasteiger charge is 2.21. The molecule has 0 radical (unpaired) electrons. The first kappa shape index (κ1) is 20.5. The molecule has 0 aromatic heterocycles. The molecule has 0 unspecified atom stereocenters. The van der Waals surface area contributed by atoms with Gasteiger partial charge in [-0.25, -0.2) is 4.79 Å². The molecule has 0 bridgehead atoms. The fourth-order valence-electron chi connectivity index (χ4n) is 3.40. The van der Waals surface area contributed by atoms with E-state index in [9.17, 15) is 9.59 Å². The normalized spacial score (nSPS) is 18.4. The van der Waals surface area contributed by atoms with Crippen LogP contribution in [0.2, 0.25) is 5.02 Å². The van der Waals surface area contributed by atoms with Crippen LogP contribution in [0.1, 0.15) is 51.0 Å². The summed E-state index contributed by atoms with van der Waals surface area (Å²) in [7, 11) is 0. The number of benzene rings is 1. The molecule has 1 N–H and O–H groups in total. The molecule has 3 rings (SSSR count). The van der Waals surface area contributed by atoms with E-state index in [2.05, 4.69) is 5.32 Å². The van der Waals surface area contributed by atoms with Crippen LogP contribution < -0.4 is 14.8 Å². The van der Waals surface area contributed by atoms with Crippen molar-refractivity contribution in [3.05, 3.63) is 28.8 Å². The third kappa shape index (κ3) is 5.64. The zero-order chi connectivity index (χ0) is 19.9. The predicted molar refractivity (Wildman–Crippen MR) is 107 cm³/mol. The van der Waals surface area contributed by atoms with Crippen LogP contribution in [-0.2, 0) is 14.3 Å². The average molecular weight is 408 g/mol. The quantitative estimate of drug-likeness (QED) is 0.455. The van der Waals surface area contributed by atoms with Crippen molar-refractivity contribution in [2.24, 2.45) is 0 Å². The zero-order valence-corrected chi connectivity index (χ0v) is 16.8. The molecule has 1 aromatic carbocycles. The van der Waals surface area contributed by atoms with Crippen LogP contribution >= 0.6 is 11.6 Å². The third-order valence-corrected chi connectivity index (χ3v) is 5.18. The minimum atomic E-state index is -0.843. The number of nitrogens with one attached hydrogen (secondary N) is 1. The smallest absolute Gasteiger partial charge is 0.331 e. The van der Waals surface area contributed by atoms with Gasteiger partial charge < -0.3 is 19.5 Å². The second kappa shape index (κ2) is 9.82. The summed E-state index contributed by atoms with van der Waals surface area (Å²) < 4.78 is 16.2. The first-order chi connectivity index (χ1) is 13.5. The average Bonchev–Trinajstić information content (AvgIpc) is 2.95. The van der Waals surface area contributed by atoms with Crippen LogP contribution in [-0.4, -0.2) is 37.2 Å². The Bertz CT molecular complexity index is 741. The summed E-state index contributed by atoms with van der Waals surface area (Å²) in [6, 6.07) is 3.60. The van der Waals surface area contributed by atoms with E-state index < -0.39 is 12.1 Å². The standard InChI is InChI=1S/C21H26ClNO5/c1-14(21(25)23-16-6-4-2-3-5-7-16)28-19(24)9-8-15-12-17(22)20-18(13-15)26-10-11-27-20/h8-9,12-14,16H,2-7,10-11H2,1H3,(H,23,25)/b9-8+/t14-/m0/s1. The zero-order valence-electron chi connectivity index (χ0n) is 16.0. The Morgan fingerprint density at radius 2 is 1.89 bits per heavy atom. The van der Waals surface area contributed by atoms with Crippen LogP contribution in [0.3, 0.4) is 0 Å². The van der Waals surface area contributed by atoms with E-state index in [0.29, 0.717) is 35.3 Å². The topological polar surface area (TPSA) is 73.9 Å². The van der Waals surface area contributed by atoms with Crippen LogP contribution in [0.15, 0.2) is 18.2 Å². The maximum atomic E-state index is 12.3. The molecule has 0 spiro atoms. The van der Waals surface area contributed by atoms with E-state index in [1.165, 1.54) is 18.9 Å². The van der Waals surface area contributed by atoms with Crippen molar-refractivity contribution < 1.29 is 23.8 Å². The molecular formula is C21H26ClNO5. The summed E-state index contributed by atoms with van der Waals surface area (Å²) in [5.41, 5.74) is 0.682. The molecule has 1 aliphatic heterocycles. The Kier molecular flexibility index (Phi) is 7.20. The Labute approximate surface area is 170 Å². The van der Waals surface area contributed by atoms with Gasteiger partial charge in [-0.05, 0) is 43.5 Å². The number of halogens is 1. The molecule has 1 heterocycles. The molecule has 1 aliphatic carbocycles. The number of hydrogen-bond acceptors (Lipinski definition) is 5. The number of esters is 1. The Hall–Kier alpha value is -2.21. The fraction of sp³-hybridized carbons (Fsp3) is 0.524. The number of fused-ring (bicyclic) bond motifs is 1. The van der Waals surface area contributed by atoms with Gasteiger partial charge in [0.2, 0.25) is 0 Å². The Balaban J connectivity index is 1.53. The molecule has 6 nitrogen and oxygen atoms in total. The summed E-state index contributed by atoms with van der Waals surface area (Å²) in [5, 5.41) is 3.41. The van der Waals surface area contributed by atoms with Gasteiger partial charge >= 0.3 is 5.97 Å². The molecular weight excluding hydrogens is 382 g/mol. The van der Waals surface area contributed by atoms with Gasteiger partial charge in [-0.3, -0.25) is 4.79 Å². The van der Waals surface area contributed by atoms with E-state index in [4.69, 9.17) is 25.8 Å². The van der Waals surface area contributed by atoms with Crippen molar-refractivity contribution in [1.29, 1.82) is 0 Å².